The first-order valence-corrected chi connectivity index (χ1v) is 10.9. The summed E-state index contributed by atoms with van der Waals surface area (Å²) >= 11 is 0. The maximum atomic E-state index is 13.6. The van der Waals surface area contributed by atoms with Crippen molar-refractivity contribution in [2.75, 3.05) is 6.61 Å². The zero-order valence-corrected chi connectivity index (χ0v) is 17.7. The van der Waals surface area contributed by atoms with Crippen LogP contribution < -0.4 is 0 Å². The fraction of sp³-hybridized carbons (Fsp3) is 0.739. The van der Waals surface area contributed by atoms with Gasteiger partial charge < -0.3 is 14.2 Å². The number of ketones is 1. The molecule has 0 unspecified atom stereocenters. The molecular weight excluding hydrogens is 388 g/mol. The Morgan fingerprint density at radius 3 is 2.63 bits per heavy atom. The van der Waals surface area contributed by atoms with Crippen LogP contribution in [0.5, 0.6) is 0 Å². The van der Waals surface area contributed by atoms with Crippen molar-refractivity contribution in [1.82, 2.24) is 0 Å². The van der Waals surface area contributed by atoms with E-state index in [2.05, 4.69) is 6.58 Å². The minimum Gasteiger partial charge on any atom is -0.465 e. The number of fused-ring (bicyclic) bond motifs is 1. The average Bonchev–Trinajstić information content (AvgIpc) is 3.11. The van der Waals surface area contributed by atoms with Crippen molar-refractivity contribution in [2.45, 2.75) is 65.1 Å². The number of rotatable bonds is 2. The van der Waals surface area contributed by atoms with Gasteiger partial charge >= 0.3 is 17.9 Å². The fourth-order valence-electron chi connectivity index (χ4n) is 7.51. The summed E-state index contributed by atoms with van der Waals surface area (Å²) in [7, 11) is 0. The maximum Gasteiger partial charge on any atom is 0.324 e. The molecule has 7 nitrogen and oxygen atoms in total. The second-order valence-electron chi connectivity index (χ2n) is 10.3. The molecule has 30 heavy (non-hydrogen) atoms. The Bertz CT molecular complexity index is 888. The molecule has 2 bridgehead atoms. The number of Topliss-reactive ketones (excluding diaryl/α,β-unsaturated/α-hetero) is 1. The van der Waals surface area contributed by atoms with E-state index in [9.17, 15) is 19.2 Å². The summed E-state index contributed by atoms with van der Waals surface area (Å²) in [5.74, 6) is -3.10. The highest BCUT2D eigenvalue weighted by Crippen LogP contribution is 2.70. The van der Waals surface area contributed by atoms with Crippen molar-refractivity contribution in [3.8, 4) is 0 Å². The molecule has 0 N–H and O–H groups in total. The Morgan fingerprint density at radius 2 is 1.93 bits per heavy atom. The lowest BCUT2D eigenvalue weighted by atomic mass is 9.43. The molecular formula is C23H28O7. The Labute approximate surface area is 175 Å². The first kappa shape index (κ1) is 19.8. The molecule has 0 aromatic heterocycles. The van der Waals surface area contributed by atoms with E-state index in [1.54, 1.807) is 6.92 Å². The SMILES string of the molecule is C=C1C(=O)[C@@]23C(=O)O[C@H]4CCC(C)(C)[C@H]5C(=O)OC[C@@]45[C@@H]2CC[C@@H]1[C@H]3OC(=O)CC. The molecule has 7 atom stereocenters. The third-order valence-corrected chi connectivity index (χ3v) is 8.70. The van der Waals surface area contributed by atoms with Crippen molar-refractivity contribution in [1.29, 1.82) is 0 Å². The van der Waals surface area contributed by atoms with Crippen molar-refractivity contribution in [2.24, 2.45) is 34.0 Å². The molecule has 0 aromatic carbocycles. The molecule has 2 saturated heterocycles. The van der Waals surface area contributed by atoms with Gasteiger partial charge in [-0.2, -0.15) is 0 Å². The van der Waals surface area contributed by atoms with Gasteiger partial charge in [0.25, 0.3) is 0 Å². The van der Waals surface area contributed by atoms with Gasteiger partial charge in [0.05, 0.1) is 11.3 Å². The quantitative estimate of drug-likeness (QED) is 0.295. The van der Waals surface area contributed by atoms with Crippen LogP contribution >= 0.6 is 0 Å². The monoisotopic (exact) mass is 416 g/mol. The summed E-state index contributed by atoms with van der Waals surface area (Å²) in [5, 5.41) is 0. The lowest BCUT2D eigenvalue weighted by Crippen LogP contribution is -2.71. The molecule has 0 radical (unpaired) electrons. The summed E-state index contributed by atoms with van der Waals surface area (Å²) in [6, 6.07) is 0. The van der Waals surface area contributed by atoms with Crippen molar-refractivity contribution in [3.05, 3.63) is 12.2 Å². The van der Waals surface area contributed by atoms with Crippen LogP contribution in [0.15, 0.2) is 12.2 Å². The van der Waals surface area contributed by atoms with Crippen LogP contribution in [0.3, 0.4) is 0 Å². The van der Waals surface area contributed by atoms with E-state index < -0.39 is 52.7 Å². The average molecular weight is 416 g/mol. The van der Waals surface area contributed by atoms with Crippen molar-refractivity contribution in [3.63, 3.8) is 0 Å². The van der Waals surface area contributed by atoms with Crippen LogP contribution in [0.4, 0.5) is 0 Å². The molecule has 2 spiro atoms. The third kappa shape index (κ3) is 2.02. The lowest BCUT2D eigenvalue weighted by molar-refractivity contribution is -0.247. The van der Waals surface area contributed by atoms with Crippen LogP contribution in [0.1, 0.15) is 52.9 Å². The summed E-state index contributed by atoms with van der Waals surface area (Å²) in [5.41, 5.74) is -2.43. The standard InChI is InChI=1S/C23H28O7/c1-5-15(24)30-18-12-6-7-13-22-10-28-19(26)16(22)21(3,4)9-8-14(22)29-20(27)23(13,18)17(25)11(12)2/h12-14,16,18H,2,5-10H2,1,3-4H3/t12-,13-,14-,16+,18+,22+,23-/m0/s1. The van der Waals surface area contributed by atoms with Crippen molar-refractivity contribution < 1.29 is 33.4 Å². The smallest absolute Gasteiger partial charge is 0.324 e. The molecule has 5 aliphatic rings. The number of ether oxygens (including phenoxy) is 3. The molecule has 2 aliphatic heterocycles. The summed E-state index contributed by atoms with van der Waals surface area (Å²) in [6.45, 7) is 9.86. The molecule has 5 rings (SSSR count). The highest BCUT2D eigenvalue weighted by molar-refractivity contribution is 6.16. The van der Waals surface area contributed by atoms with Crippen LogP contribution in [-0.2, 0) is 33.4 Å². The molecule has 0 amide bonds. The number of cyclic esters (lactones) is 1. The second-order valence-corrected chi connectivity index (χ2v) is 10.3. The molecule has 2 heterocycles. The van der Waals surface area contributed by atoms with Crippen LogP contribution in [0.2, 0.25) is 0 Å². The van der Waals surface area contributed by atoms with E-state index in [1.807, 2.05) is 13.8 Å². The van der Waals surface area contributed by atoms with Crippen LogP contribution in [0.25, 0.3) is 0 Å². The molecule has 0 aromatic rings. The summed E-state index contributed by atoms with van der Waals surface area (Å²) in [6.07, 6.45) is 1.25. The van der Waals surface area contributed by atoms with E-state index in [4.69, 9.17) is 14.2 Å². The Kier molecular flexibility index (Phi) is 3.92. The van der Waals surface area contributed by atoms with Crippen LogP contribution in [0, 0.1) is 34.0 Å². The largest absolute Gasteiger partial charge is 0.465 e. The number of hydrogen-bond donors (Lipinski definition) is 0. The number of carbonyl (C=O) groups is 4. The molecule has 5 fully saturated rings. The topological polar surface area (TPSA) is 96.0 Å². The van der Waals surface area contributed by atoms with E-state index in [0.717, 1.165) is 6.42 Å². The van der Waals surface area contributed by atoms with Gasteiger partial charge in [0.1, 0.15) is 18.8 Å². The first-order chi connectivity index (χ1) is 14.1. The number of esters is 3. The Morgan fingerprint density at radius 1 is 1.20 bits per heavy atom. The predicted octanol–water partition coefficient (Wildman–Crippen LogP) is 2.36. The zero-order chi connectivity index (χ0) is 21.6. The summed E-state index contributed by atoms with van der Waals surface area (Å²) in [4.78, 5) is 52.3. The second kappa shape index (κ2) is 5.95. The van der Waals surface area contributed by atoms with Gasteiger partial charge in [-0.3, -0.25) is 19.2 Å². The minimum atomic E-state index is -1.62. The van der Waals surface area contributed by atoms with E-state index in [1.165, 1.54) is 0 Å². The third-order valence-electron chi connectivity index (χ3n) is 8.70. The molecule has 162 valence electrons. The van der Waals surface area contributed by atoms with E-state index >= 15 is 0 Å². The Balaban J connectivity index is 1.72. The fourth-order valence-corrected chi connectivity index (χ4v) is 7.51. The van der Waals surface area contributed by atoms with Gasteiger partial charge in [0.15, 0.2) is 11.2 Å². The highest BCUT2D eigenvalue weighted by Gasteiger charge is 2.81. The highest BCUT2D eigenvalue weighted by atomic mass is 16.6. The van der Waals surface area contributed by atoms with E-state index in [0.29, 0.717) is 24.8 Å². The zero-order valence-electron chi connectivity index (χ0n) is 17.7. The first-order valence-electron chi connectivity index (χ1n) is 10.9. The molecule has 3 saturated carbocycles. The van der Waals surface area contributed by atoms with Gasteiger partial charge in [-0.05, 0) is 42.6 Å². The van der Waals surface area contributed by atoms with Crippen LogP contribution in [-0.4, -0.2) is 42.5 Å². The summed E-state index contributed by atoms with van der Waals surface area (Å²) < 4.78 is 17.3. The van der Waals surface area contributed by atoms with Crippen molar-refractivity contribution >= 4 is 23.7 Å². The lowest BCUT2D eigenvalue weighted by Gasteiger charge is -2.61. The number of carbonyl (C=O) groups excluding carboxylic acids is 4. The Hall–Kier alpha value is -2.18. The van der Waals surface area contributed by atoms with Gasteiger partial charge in [0.2, 0.25) is 0 Å². The minimum absolute atomic E-state index is 0.128. The van der Waals surface area contributed by atoms with Gasteiger partial charge in [-0.15, -0.1) is 0 Å². The predicted molar refractivity (Wildman–Crippen MR) is 103 cm³/mol. The van der Waals surface area contributed by atoms with Gasteiger partial charge in [-0.25, -0.2) is 0 Å². The number of hydrogen-bond acceptors (Lipinski definition) is 7. The van der Waals surface area contributed by atoms with E-state index in [-0.39, 0.29) is 30.2 Å². The van der Waals surface area contributed by atoms with Gasteiger partial charge in [-0.1, -0.05) is 27.4 Å². The van der Waals surface area contributed by atoms with Gasteiger partial charge in [0, 0.05) is 12.3 Å². The normalized spacial score (nSPS) is 45.8. The maximum absolute atomic E-state index is 13.6. The molecule has 3 aliphatic carbocycles. The molecule has 7 heteroatoms.